The van der Waals surface area contributed by atoms with Crippen molar-refractivity contribution in [3.8, 4) is 0 Å². The van der Waals surface area contributed by atoms with Crippen molar-refractivity contribution in [2.75, 3.05) is 20.7 Å². The molecule has 1 saturated heterocycles. The van der Waals surface area contributed by atoms with Gasteiger partial charge in [0.2, 0.25) is 0 Å². The second kappa shape index (κ2) is 7.09. The van der Waals surface area contributed by atoms with Crippen molar-refractivity contribution in [2.45, 2.75) is 6.92 Å². The van der Waals surface area contributed by atoms with E-state index < -0.39 is 5.97 Å². The van der Waals surface area contributed by atoms with Gasteiger partial charge in [-0.1, -0.05) is 0 Å². The van der Waals surface area contributed by atoms with Gasteiger partial charge in [-0.2, -0.15) is 0 Å². The first kappa shape index (κ1) is 16.7. The SMILES string of the molecule is CCN1C(=O)C(=CC(=O)OC)SC1=Nc1nc[nH]c1C(=O)NC. The predicted molar refractivity (Wildman–Crippen MR) is 84.1 cm³/mol. The molecule has 23 heavy (non-hydrogen) atoms. The Morgan fingerprint density at radius 2 is 2.30 bits per heavy atom. The maximum Gasteiger partial charge on any atom is 0.331 e. The van der Waals surface area contributed by atoms with E-state index in [1.807, 2.05) is 0 Å². The highest BCUT2D eigenvalue weighted by molar-refractivity contribution is 8.18. The van der Waals surface area contributed by atoms with Crippen LogP contribution in [0.5, 0.6) is 0 Å². The summed E-state index contributed by atoms with van der Waals surface area (Å²) in [6, 6.07) is 0. The summed E-state index contributed by atoms with van der Waals surface area (Å²) in [5.74, 6) is -1.18. The monoisotopic (exact) mass is 337 g/mol. The molecular weight excluding hydrogens is 322 g/mol. The summed E-state index contributed by atoms with van der Waals surface area (Å²) in [6.45, 7) is 2.14. The fourth-order valence-electron chi connectivity index (χ4n) is 1.79. The molecule has 10 heteroatoms. The number of nitrogens with one attached hydrogen (secondary N) is 2. The number of carbonyl (C=O) groups is 3. The topological polar surface area (TPSA) is 117 Å². The zero-order valence-corrected chi connectivity index (χ0v) is 13.6. The fourth-order valence-corrected chi connectivity index (χ4v) is 2.79. The van der Waals surface area contributed by atoms with Crippen LogP contribution in [0.1, 0.15) is 17.4 Å². The van der Waals surface area contributed by atoms with Crippen LogP contribution in [0.25, 0.3) is 0 Å². The van der Waals surface area contributed by atoms with Gasteiger partial charge in [-0.25, -0.2) is 14.8 Å². The minimum atomic E-state index is -0.621. The van der Waals surface area contributed by atoms with Crippen molar-refractivity contribution in [1.82, 2.24) is 20.2 Å². The number of aromatic amines is 1. The van der Waals surface area contributed by atoms with E-state index in [0.717, 1.165) is 17.8 Å². The van der Waals surface area contributed by atoms with Crippen molar-refractivity contribution < 1.29 is 19.1 Å². The number of amidine groups is 1. The number of ether oxygens (including phenoxy) is 1. The number of imidazole rings is 1. The molecule has 0 spiro atoms. The lowest BCUT2D eigenvalue weighted by Gasteiger charge is -2.11. The Balaban J connectivity index is 2.37. The van der Waals surface area contributed by atoms with E-state index in [9.17, 15) is 14.4 Å². The number of thioether (sulfide) groups is 1. The van der Waals surface area contributed by atoms with E-state index >= 15 is 0 Å². The smallest absolute Gasteiger partial charge is 0.331 e. The third kappa shape index (κ3) is 3.42. The lowest BCUT2D eigenvalue weighted by molar-refractivity contribution is -0.135. The number of methoxy groups -OCH3 is 1. The Kier molecular flexibility index (Phi) is 5.16. The van der Waals surface area contributed by atoms with Crippen LogP contribution in [0.15, 0.2) is 22.3 Å². The van der Waals surface area contributed by atoms with Gasteiger partial charge in [0.1, 0.15) is 0 Å². The number of likely N-dealkylation sites (N-methyl/N-ethyl adjacent to an activating group) is 1. The molecule has 1 aromatic rings. The van der Waals surface area contributed by atoms with Gasteiger partial charge in [0.25, 0.3) is 11.8 Å². The highest BCUT2D eigenvalue weighted by atomic mass is 32.2. The van der Waals surface area contributed by atoms with Gasteiger partial charge < -0.3 is 15.0 Å². The Hall–Kier alpha value is -2.62. The number of rotatable bonds is 4. The van der Waals surface area contributed by atoms with Gasteiger partial charge >= 0.3 is 5.97 Å². The molecule has 1 aliphatic rings. The van der Waals surface area contributed by atoms with Gasteiger partial charge in [0.15, 0.2) is 16.7 Å². The third-order valence-corrected chi connectivity index (χ3v) is 3.94. The van der Waals surface area contributed by atoms with Crippen LogP contribution in [-0.4, -0.2) is 58.5 Å². The Labute approximate surface area is 136 Å². The first-order valence-electron chi connectivity index (χ1n) is 6.65. The molecule has 0 bridgehead atoms. The maximum absolute atomic E-state index is 12.2. The summed E-state index contributed by atoms with van der Waals surface area (Å²) >= 11 is 1.02. The van der Waals surface area contributed by atoms with Crippen molar-refractivity contribution in [2.24, 2.45) is 4.99 Å². The quantitative estimate of drug-likeness (QED) is 0.607. The molecule has 0 saturated carbocycles. The van der Waals surface area contributed by atoms with Crippen molar-refractivity contribution in [3.05, 3.63) is 23.0 Å². The lowest BCUT2D eigenvalue weighted by atomic mass is 10.4. The molecule has 0 unspecified atom stereocenters. The molecule has 2 N–H and O–H groups in total. The van der Waals surface area contributed by atoms with Gasteiger partial charge in [0, 0.05) is 19.7 Å². The number of nitrogens with zero attached hydrogens (tertiary/aromatic N) is 3. The zero-order chi connectivity index (χ0) is 17.0. The van der Waals surface area contributed by atoms with E-state index in [1.165, 1.54) is 25.4 Å². The summed E-state index contributed by atoms with van der Waals surface area (Å²) in [4.78, 5) is 47.8. The lowest BCUT2D eigenvalue weighted by Crippen LogP contribution is -2.28. The molecule has 0 atom stereocenters. The standard InChI is InChI=1S/C13H15N5O4S/c1-4-18-12(21)7(5-8(19)22-3)23-13(18)17-10-9(11(20)14-2)15-6-16-10/h5-6H,4H2,1-3H3,(H,14,20)(H,15,16). The van der Waals surface area contributed by atoms with Crippen LogP contribution >= 0.6 is 11.8 Å². The van der Waals surface area contributed by atoms with E-state index in [2.05, 4.69) is 25.0 Å². The Morgan fingerprint density at radius 1 is 1.57 bits per heavy atom. The number of hydrogen-bond donors (Lipinski definition) is 2. The minimum absolute atomic E-state index is 0.164. The number of hydrogen-bond acceptors (Lipinski definition) is 7. The molecular formula is C13H15N5O4S. The zero-order valence-electron chi connectivity index (χ0n) is 12.7. The molecule has 1 fully saturated rings. The maximum atomic E-state index is 12.2. The van der Waals surface area contributed by atoms with E-state index in [-0.39, 0.29) is 28.2 Å². The third-order valence-electron chi connectivity index (χ3n) is 2.93. The molecule has 2 heterocycles. The van der Waals surface area contributed by atoms with Crippen LogP contribution < -0.4 is 5.32 Å². The summed E-state index contributed by atoms with van der Waals surface area (Å²) in [5, 5.41) is 2.81. The Morgan fingerprint density at radius 3 is 2.91 bits per heavy atom. The van der Waals surface area contributed by atoms with Crippen LogP contribution in [0.3, 0.4) is 0 Å². The largest absolute Gasteiger partial charge is 0.466 e. The van der Waals surface area contributed by atoms with Crippen LogP contribution in [-0.2, 0) is 14.3 Å². The number of esters is 1. The van der Waals surface area contributed by atoms with Crippen molar-refractivity contribution in [1.29, 1.82) is 0 Å². The Bertz CT molecular complexity index is 709. The van der Waals surface area contributed by atoms with Crippen molar-refractivity contribution in [3.63, 3.8) is 0 Å². The summed E-state index contributed by atoms with van der Waals surface area (Å²) in [5.41, 5.74) is 0.189. The van der Waals surface area contributed by atoms with Crippen LogP contribution in [0, 0.1) is 0 Å². The first-order valence-corrected chi connectivity index (χ1v) is 7.47. The molecule has 122 valence electrons. The summed E-state index contributed by atoms with van der Waals surface area (Å²) in [7, 11) is 2.72. The molecule has 2 rings (SSSR count). The van der Waals surface area contributed by atoms with Gasteiger partial charge in [-0.05, 0) is 18.7 Å². The van der Waals surface area contributed by atoms with E-state index in [0.29, 0.717) is 11.7 Å². The molecule has 2 amide bonds. The number of H-pyrrole nitrogens is 1. The molecule has 9 nitrogen and oxygen atoms in total. The highest BCUT2D eigenvalue weighted by Gasteiger charge is 2.33. The average molecular weight is 337 g/mol. The number of amides is 2. The normalized spacial score (nSPS) is 17.9. The molecule has 0 aromatic carbocycles. The van der Waals surface area contributed by atoms with Gasteiger partial charge in [-0.15, -0.1) is 0 Å². The average Bonchev–Trinajstić information content (AvgIpc) is 3.12. The predicted octanol–water partition coefficient (Wildman–Crippen LogP) is 0.409. The minimum Gasteiger partial charge on any atom is -0.466 e. The van der Waals surface area contributed by atoms with Gasteiger partial charge in [0.05, 0.1) is 18.3 Å². The van der Waals surface area contributed by atoms with Crippen LogP contribution in [0.2, 0.25) is 0 Å². The van der Waals surface area contributed by atoms with Crippen LogP contribution in [0.4, 0.5) is 5.82 Å². The summed E-state index contributed by atoms with van der Waals surface area (Å²) in [6.07, 6.45) is 2.45. The molecule has 0 radical (unpaired) electrons. The second-order valence-corrected chi connectivity index (χ2v) is 5.27. The number of carbonyl (C=O) groups excluding carboxylic acids is 3. The highest BCUT2D eigenvalue weighted by Crippen LogP contribution is 2.32. The summed E-state index contributed by atoms with van der Waals surface area (Å²) < 4.78 is 4.53. The fraction of sp³-hybridized carbons (Fsp3) is 0.308. The second-order valence-electron chi connectivity index (χ2n) is 4.26. The van der Waals surface area contributed by atoms with Crippen molar-refractivity contribution >= 4 is 40.5 Å². The van der Waals surface area contributed by atoms with E-state index in [4.69, 9.17) is 0 Å². The molecule has 1 aliphatic heterocycles. The molecule has 0 aliphatic carbocycles. The van der Waals surface area contributed by atoms with Gasteiger partial charge in [-0.3, -0.25) is 14.5 Å². The first-order chi connectivity index (χ1) is 11.0. The molecule has 1 aromatic heterocycles. The number of aromatic nitrogens is 2. The number of aliphatic imine (C=N–C) groups is 1. The van der Waals surface area contributed by atoms with E-state index in [1.54, 1.807) is 6.92 Å².